The summed E-state index contributed by atoms with van der Waals surface area (Å²) in [5.74, 6) is 1.62. The first-order valence-electron chi connectivity index (χ1n) is 11.4. The highest BCUT2D eigenvalue weighted by Crippen LogP contribution is 2.34. The first-order chi connectivity index (χ1) is 15.4. The van der Waals surface area contributed by atoms with Crippen LogP contribution in [0.2, 0.25) is 0 Å². The van der Waals surface area contributed by atoms with Crippen molar-refractivity contribution >= 4 is 5.91 Å². The Labute approximate surface area is 195 Å². The van der Waals surface area contributed by atoms with Gasteiger partial charge in [-0.25, -0.2) is 4.98 Å². The molecule has 1 amide bonds. The van der Waals surface area contributed by atoms with E-state index >= 15 is 0 Å². The molecule has 1 aliphatic rings. The lowest BCUT2D eigenvalue weighted by Gasteiger charge is -2.29. The average molecular weight is 451 g/mol. The fourth-order valence-corrected chi connectivity index (χ4v) is 3.99. The van der Waals surface area contributed by atoms with Crippen molar-refractivity contribution in [2.45, 2.75) is 66.1 Å². The van der Waals surface area contributed by atoms with E-state index in [0.29, 0.717) is 24.0 Å². The van der Waals surface area contributed by atoms with Crippen molar-refractivity contribution in [3.05, 3.63) is 53.4 Å². The van der Waals surface area contributed by atoms with E-state index < -0.39 is 6.04 Å². The van der Waals surface area contributed by atoms with Gasteiger partial charge in [-0.2, -0.15) is 4.98 Å². The molecule has 0 bridgehead atoms. The summed E-state index contributed by atoms with van der Waals surface area (Å²) in [6.45, 7) is 14.6. The molecule has 3 aromatic rings. The zero-order valence-corrected chi connectivity index (χ0v) is 20.6. The van der Waals surface area contributed by atoms with E-state index in [4.69, 9.17) is 9.51 Å². The third kappa shape index (κ3) is 4.71. The standard InChI is InChI=1S/C25H34N6O2/c1-24(2,3)19(22-28-23(29-33-22)25(4,5)6)27-21(32)18-17-15-30(7)13-14-31(17)20(26-18)16-11-9-8-10-12-16/h8-12,19H,13-15H2,1-7H3,(H,27,32)/t19-/m1/s1. The molecule has 0 fully saturated rings. The van der Waals surface area contributed by atoms with Crippen LogP contribution in [0.15, 0.2) is 34.9 Å². The monoisotopic (exact) mass is 450 g/mol. The Bertz CT molecular complexity index is 1130. The molecule has 1 N–H and O–H groups in total. The number of fused-ring (bicyclic) bond motifs is 1. The predicted molar refractivity (Wildman–Crippen MR) is 127 cm³/mol. The molecule has 1 aromatic carbocycles. The van der Waals surface area contributed by atoms with Crippen molar-refractivity contribution in [2.75, 3.05) is 13.6 Å². The Morgan fingerprint density at radius 3 is 2.36 bits per heavy atom. The normalized spacial score (nSPS) is 15.8. The van der Waals surface area contributed by atoms with Gasteiger partial charge in [-0.05, 0) is 12.5 Å². The quantitative estimate of drug-likeness (QED) is 0.641. The number of carbonyl (C=O) groups is 1. The summed E-state index contributed by atoms with van der Waals surface area (Å²) in [6, 6.07) is 9.56. The summed E-state index contributed by atoms with van der Waals surface area (Å²) in [6.07, 6.45) is 0. The lowest BCUT2D eigenvalue weighted by atomic mass is 9.86. The molecule has 4 rings (SSSR count). The zero-order valence-electron chi connectivity index (χ0n) is 20.6. The number of amides is 1. The van der Waals surface area contributed by atoms with Crippen LogP contribution in [-0.2, 0) is 18.5 Å². The number of aromatic nitrogens is 4. The van der Waals surface area contributed by atoms with Crippen molar-refractivity contribution in [1.82, 2.24) is 29.9 Å². The second-order valence-corrected chi connectivity index (χ2v) is 11.0. The molecule has 0 saturated carbocycles. The Morgan fingerprint density at radius 2 is 1.76 bits per heavy atom. The summed E-state index contributed by atoms with van der Waals surface area (Å²) in [7, 11) is 2.06. The van der Waals surface area contributed by atoms with Crippen LogP contribution in [0.25, 0.3) is 11.4 Å². The van der Waals surface area contributed by atoms with Crippen LogP contribution in [-0.4, -0.2) is 44.1 Å². The number of nitrogens with one attached hydrogen (secondary N) is 1. The molecule has 8 nitrogen and oxygen atoms in total. The minimum Gasteiger partial charge on any atom is -0.338 e. The number of nitrogens with zero attached hydrogens (tertiary/aromatic N) is 5. The van der Waals surface area contributed by atoms with Crippen LogP contribution in [0.5, 0.6) is 0 Å². The van der Waals surface area contributed by atoms with Crippen LogP contribution < -0.4 is 5.32 Å². The Balaban J connectivity index is 1.71. The number of hydrogen-bond acceptors (Lipinski definition) is 6. The second kappa shape index (κ2) is 8.41. The Hall–Kier alpha value is -3.00. The number of imidazole rings is 1. The third-order valence-electron chi connectivity index (χ3n) is 5.95. The van der Waals surface area contributed by atoms with E-state index in [2.05, 4.69) is 32.0 Å². The molecule has 0 spiro atoms. The van der Waals surface area contributed by atoms with E-state index in [0.717, 1.165) is 30.2 Å². The van der Waals surface area contributed by atoms with Crippen LogP contribution in [0.4, 0.5) is 0 Å². The summed E-state index contributed by atoms with van der Waals surface area (Å²) < 4.78 is 7.78. The van der Waals surface area contributed by atoms with E-state index in [1.807, 2.05) is 71.9 Å². The molecule has 8 heteroatoms. The van der Waals surface area contributed by atoms with Gasteiger partial charge < -0.3 is 14.4 Å². The average Bonchev–Trinajstić information content (AvgIpc) is 3.36. The molecule has 1 atom stereocenters. The molecule has 2 aromatic heterocycles. The summed E-state index contributed by atoms with van der Waals surface area (Å²) in [4.78, 5) is 25.3. The van der Waals surface area contributed by atoms with E-state index in [-0.39, 0.29) is 16.7 Å². The molecule has 0 saturated heterocycles. The summed E-state index contributed by atoms with van der Waals surface area (Å²) in [5.41, 5.74) is 1.79. The van der Waals surface area contributed by atoms with E-state index in [1.165, 1.54) is 0 Å². The predicted octanol–water partition coefficient (Wildman–Crippen LogP) is 4.19. The Morgan fingerprint density at radius 1 is 1.06 bits per heavy atom. The highest BCUT2D eigenvalue weighted by molar-refractivity contribution is 5.94. The zero-order chi connectivity index (χ0) is 24.0. The van der Waals surface area contributed by atoms with Gasteiger partial charge in [-0.15, -0.1) is 0 Å². The van der Waals surface area contributed by atoms with Crippen molar-refractivity contribution in [2.24, 2.45) is 5.41 Å². The van der Waals surface area contributed by atoms with Gasteiger partial charge in [-0.1, -0.05) is 77.0 Å². The molecule has 0 aliphatic carbocycles. The smallest absolute Gasteiger partial charge is 0.272 e. The molecule has 1 aliphatic heterocycles. The minimum absolute atomic E-state index is 0.230. The van der Waals surface area contributed by atoms with Crippen LogP contribution >= 0.6 is 0 Å². The largest absolute Gasteiger partial charge is 0.338 e. The van der Waals surface area contributed by atoms with E-state index in [9.17, 15) is 4.79 Å². The van der Waals surface area contributed by atoms with Gasteiger partial charge in [0.1, 0.15) is 11.9 Å². The fraction of sp³-hybridized carbons (Fsp3) is 0.520. The first kappa shape index (κ1) is 23.2. The van der Waals surface area contributed by atoms with Crippen molar-refractivity contribution in [3.63, 3.8) is 0 Å². The number of likely N-dealkylation sites (N-methyl/N-ethyl adjacent to an activating group) is 1. The van der Waals surface area contributed by atoms with Crippen molar-refractivity contribution in [3.8, 4) is 11.4 Å². The summed E-state index contributed by atoms with van der Waals surface area (Å²) in [5, 5.41) is 7.32. The van der Waals surface area contributed by atoms with E-state index in [1.54, 1.807) is 0 Å². The number of carbonyl (C=O) groups excluding carboxylic acids is 1. The minimum atomic E-state index is -0.451. The highest BCUT2D eigenvalue weighted by Gasteiger charge is 2.36. The molecule has 3 heterocycles. The number of benzene rings is 1. The molecule has 0 radical (unpaired) electrons. The van der Waals surface area contributed by atoms with Crippen molar-refractivity contribution in [1.29, 1.82) is 0 Å². The van der Waals surface area contributed by atoms with Gasteiger partial charge in [0.25, 0.3) is 5.91 Å². The maximum Gasteiger partial charge on any atom is 0.272 e. The maximum absolute atomic E-state index is 13.6. The lowest BCUT2D eigenvalue weighted by molar-refractivity contribution is 0.0873. The molecular formula is C25H34N6O2. The fourth-order valence-electron chi connectivity index (χ4n) is 3.99. The molecule has 33 heavy (non-hydrogen) atoms. The van der Waals surface area contributed by atoms with Gasteiger partial charge in [0.2, 0.25) is 5.89 Å². The van der Waals surface area contributed by atoms with Gasteiger partial charge >= 0.3 is 0 Å². The van der Waals surface area contributed by atoms with Crippen LogP contribution in [0.1, 0.15) is 75.5 Å². The Kier molecular flexibility index (Phi) is 5.90. The van der Waals surface area contributed by atoms with Crippen LogP contribution in [0, 0.1) is 5.41 Å². The molecule has 176 valence electrons. The number of hydrogen-bond donors (Lipinski definition) is 1. The molecule has 0 unspecified atom stereocenters. The maximum atomic E-state index is 13.6. The van der Waals surface area contributed by atoms with Crippen LogP contribution in [0.3, 0.4) is 0 Å². The van der Waals surface area contributed by atoms with Crippen molar-refractivity contribution < 1.29 is 9.32 Å². The second-order valence-electron chi connectivity index (χ2n) is 11.0. The lowest BCUT2D eigenvalue weighted by Crippen LogP contribution is -2.38. The van der Waals surface area contributed by atoms with Gasteiger partial charge in [-0.3, -0.25) is 9.69 Å². The third-order valence-corrected chi connectivity index (χ3v) is 5.95. The number of rotatable bonds is 4. The SMILES string of the molecule is CN1CCn2c(-c3ccccc3)nc(C(=O)N[C@H](c3nc(C(C)(C)C)no3)C(C)(C)C)c2C1. The van der Waals surface area contributed by atoms with Gasteiger partial charge in [0.05, 0.1) is 5.69 Å². The topological polar surface area (TPSA) is 89.1 Å². The highest BCUT2D eigenvalue weighted by atomic mass is 16.5. The molecular weight excluding hydrogens is 416 g/mol. The van der Waals surface area contributed by atoms with Gasteiger partial charge in [0, 0.05) is 30.6 Å². The first-order valence-corrected chi connectivity index (χ1v) is 11.4. The van der Waals surface area contributed by atoms with Gasteiger partial charge in [0.15, 0.2) is 11.5 Å². The summed E-state index contributed by atoms with van der Waals surface area (Å²) >= 11 is 0.